The Hall–Kier alpha value is -3.30. The average Bonchev–Trinajstić information content (AvgIpc) is 3.27. The molecule has 1 fully saturated rings. The molecule has 5 rings (SSSR count). The number of rotatable bonds is 4. The van der Waals surface area contributed by atoms with Crippen molar-refractivity contribution in [2.75, 3.05) is 38.3 Å². The number of fused-ring (bicyclic) bond motifs is 2. The van der Waals surface area contributed by atoms with E-state index in [0.29, 0.717) is 23.6 Å². The van der Waals surface area contributed by atoms with Gasteiger partial charge >= 0.3 is 0 Å². The predicted octanol–water partition coefficient (Wildman–Crippen LogP) is 1.35. The van der Waals surface area contributed by atoms with Gasteiger partial charge in [-0.25, -0.2) is 15.0 Å². The second-order valence-electron chi connectivity index (χ2n) is 6.98. The minimum Gasteiger partial charge on any atom is -0.494 e. The molecule has 1 aliphatic heterocycles. The van der Waals surface area contributed by atoms with Gasteiger partial charge in [-0.2, -0.15) is 0 Å². The zero-order valence-corrected chi connectivity index (χ0v) is 16.0. The fraction of sp³-hybridized carbons (Fsp3) is 0.300. The quantitative estimate of drug-likeness (QED) is 0.478. The highest BCUT2D eigenvalue weighted by atomic mass is 16.5. The van der Waals surface area contributed by atoms with Gasteiger partial charge < -0.3 is 25.0 Å². The molecule has 0 aromatic carbocycles. The van der Waals surface area contributed by atoms with E-state index in [1.165, 1.54) is 0 Å². The van der Waals surface area contributed by atoms with Crippen LogP contribution in [0.4, 0.5) is 5.82 Å². The number of H-pyrrole nitrogens is 1. The Labute approximate surface area is 166 Å². The van der Waals surface area contributed by atoms with Crippen LogP contribution in [-0.4, -0.2) is 69.4 Å². The van der Waals surface area contributed by atoms with Crippen LogP contribution in [-0.2, 0) is 0 Å². The van der Waals surface area contributed by atoms with Crippen LogP contribution in [0.15, 0.2) is 36.9 Å². The monoisotopic (exact) mass is 391 g/mol. The summed E-state index contributed by atoms with van der Waals surface area (Å²) < 4.78 is 5.57. The van der Waals surface area contributed by atoms with E-state index in [0.717, 1.165) is 40.9 Å². The van der Waals surface area contributed by atoms with Crippen LogP contribution < -0.4 is 15.0 Å². The standard InChI is InChI=1S/C20H21N7O2/c1-29-16-9-21-8-15-17(16)20(27-7-6-22-12(10-27)11-28)26-19(25-15)14-3-5-24-18-13(14)2-4-23-18/h2-5,8-9,12,22,28H,6-7,10-11H2,1H3,(H,23,24). The van der Waals surface area contributed by atoms with E-state index in [4.69, 9.17) is 14.7 Å². The molecule has 0 saturated carbocycles. The molecule has 1 unspecified atom stereocenters. The van der Waals surface area contributed by atoms with Gasteiger partial charge in [-0.05, 0) is 12.1 Å². The second-order valence-corrected chi connectivity index (χ2v) is 6.98. The zero-order chi connectivity index (χ0) is 19.8. The summed E-state index contributed by atoms with van der Waals surface area (Å²) in [4.78, 5) is 23.7. The van der Waals surface area contributed by atoms with E-state index in [-0.39, 0.29) is 12.6 Å². The molecule has 29 heavy (non-hydrogen) atoms. The molecule has 0 bridgehead atoms. The van der Waals surface area contributed by atoms with Crippen molar-refractivity contribution in [1.82, 2.24) is 30.2 Å². The van der Waals surface area contributed by atoms with Crippen LogP contribution in [0.5, 0.6) is 5.75 Å². The van der Waals surface area contributed by atoms with Crippen LogP contribution in [0.25, 0.3) is 33.3 Å². The zero-order valence-electron chi connectivity index (χ0n) is 16.0. The van der Waals surface area contributed by atoms with E-state index >= 15 is 0 Å². The lowest BCUT2D eigenvalue weighted by molar-refractivity contribution is 0.235. The minimum atomic E-state index is -0.0117. The molecular formula is C20H21N7O2. The molecule has 148 valence electrons. The molecule has 5 heterocycles. The first kappa shape index (κ1) is 17.8. The maximum Gasteiger partial charge on any atom is 0.163 e. The molecule has 0 aliphatic carbocycles. The molecule has 4 aromatic rings. The highest BCUT2D eigenvalue weighted by Gasteiger charge is 2.24. The number of aliphatic hydroxyl groups excluding tert-OH is 1. The van der Waals surface area contributed by atoms with Crippen LogP contribution in [0.2, 0.25) is 0 Å². The van der Waals surface area contributed by atoms with Crippen molar-refractivity contribution in [3.05, 3.63) is 36.9 Å². The summed E-state index contributed by atoms with van der Waals surface area (Å²) in [6, 6.07) is 3.88. The lowest BCUT2D eigenvalue weighted by atomic mass is 10.1. The molecule has 0 spiro atoms. The van der Waals surface area contributed by atoms with Crippen molar-refractivity contribution >= 4 is 27.8 Å². The number of piperazine rings is 1. The van der Waals surface area contributed by atoms with Gasteiger partial charge in [0.25, 0.3) is 0 Å². The number of hydrogen-bond donors (Lipinski definition) is 3. The second kappa shape index (κ2) is 7.26. The van der Waals surface area contributed by atoms with Gasteiger partial charge in [0.2, 0.25) is 0 Å². The molecule has 4 aromatic heterocycles. The van der Waals surface area contributed by atoms with Crippen molar-refractivity contribution in [2.24, 2.45) is 0 Å². The fourth-order valence-corrected chi connectivity index (χ4v) is 3.84. The third kappa shape index (κ3) is 3.04. The highest BCUT2D eigenvalue weighted by molar-refractivity contribution is 5.98. The number of ether oxygens (including phenoxy) is 1. The van der Waals surface area contributed by atoms with Gasteiger partial charge in [-0.15, -0.1) is 0 Å². The van der Waals surface area contributed by atoms with Crippen molar-refractivity contribution < 1.29 is 9.84 Å². The Morgan fingerprint density at radius 1 is 1.28 bits per heavy atom. The van der Waals surface area contributed by atoms with Gasteiger partial charge in [-0.3, -0.25) is 4.98 Å². The SMILES string of the molecule is COc1cncc2nc(-c3ccnc4[nH]ccc34)nc(N3CCNC(CO)C3)c12. The summed E-state index contributed by atoms with van der Waals surface area (Å²) in [7, 11) is 1.62. The summed E-state index contributed by atoms with van der Waals surface area (Å²) in [5.74, 6) is 2.02. The van der Waals surface area contributed by atoms with Gasteiger partial charge in [0, 0.05) is 49.0 Å². The fourth-order valence-electron chi connectivity index (χ4n) is 3.84. The Morgan fingerprint density at radius 2 is 2.21 bits per heavy atom. The normalized spacial score (nSPS) is 17.2. The molecule has 1 saturated heterocycles. The maximum atomic E-state index is 9.63. The maximum absolute atomic E-state index is 9.63. The van der Waals surface area contributed by atoms with Crippen LogP contribution in [0.3, 0.4) is 0 Å². The number of aliphatic hydroxyl groups is 1. The largest absolute Gasteiger partial charge is 0.494 e. The smallest absolute Gasteiger partial charge is 0.163 e. The highest BCUT2D eigenvalue weighted by Crippen LogP contribution is 2.35. The first-order chi connectivity index (χ1) is 14.3. The van der Waals surface area contributed by atoms with Gasteiger partial charge in [0.05, 0.1) is 37.0 Å². The summed E-state index contributed by atoms with van der Waals surface area (Å²) in [5.41, 5.74) is 2.40. The molecule has 0 radical (unpaired) electrons. The lowest BCUT2D eigenvalue weighted by Crippen LogP contribution is -2.52. The van der Waals surface area contributed by atoms with Crippen LogP contribution >= 0.6 is 0 Å². The Morgan fingerprint density at radius 3 is 3.07 bits per heavy atom. The third-order valence-corrected chi connectivity index (χ3v) is 5.25. The minimum absolute atomic E-state index is 0.0117. The lowest BCUT2D eigenvalue weighted by Gasteiger charge is -2.34. The van der Waals surface area contributed by atoms with Crippen molar-refractivity contribution in [2.45, 2.75) is 6.04 Å². The molecule has 1 aliphatic rings. The van der Waals surface area contributed by atoms with Gasteiger partial charge in [0.15, 0.2) is 5.82 Å². The molecule has 1 atom stereocenters. The van der Waals surface area contributed by atoms with E-state index in [1.54, 1.807) is 25.7 Å². The molecule has 9 nitrogen and oxygen atoms in total. The number of anilines is 1. The number of hydrogen-bond acceptors (Lipinski definition) is 8. The molecule has 0 amide bonds. The number of nitrogens with zero attached hydrogens (tertiary/aromatic N) is 5. The number of pyridine rings is 2. The molecule has 3 N–H and O–H groups in total. The summed E-state index contributed by atoms with van der Waals surface area (Å²) in [6.07, 6.45) is 7.01. The Balaban J connectivity index is 1.74. The number of aromatic amines is 1. The van der Waals surface area contributed by atoms with Crippen molar-refractivity contribution in [3.63, 3.8) is 0 Å². The molecular weight excluding hydrogens is 370 g/mol. The van der Waals surface area contributed by atoms with Crippen molar-refractivity contribution in [3.8, 4) is 17.1 Å². The van der Waals surface area contributed by atoms with E-state index in [9.17, 15) is 5.11 Å². The number of nitrogens with one attached hydrogen (secondary N) is 2. The predicted molar refractivity (Wildman–Crippen MR) is 110 cm³/mol. The third-order valence-electron chi connectivity index (χ3n) is 5.25. The first-order valence-electron chi connectivity index (χ1n) is 9.50. The average molecular weight is 391 g/mol. The molecule has 9 heteroatoms. The van der Waals surface area contributed by atoms with Crippen LogP contribution in [0, 0.1) is 0 Å². The van der Waals surface area contributed by atoms with Crippen LogP contribution in [0.1, 0.15) is 0 Å². The Bertz CT molecular complexity index is 1180. The topological polar surface area (TPSA) is 112 Å². The van der Waals surface area contributed by atoms with Gasteiger partial charge in [-0.1, -0.05) is 0 Å². The first-order valence-corrected chi connectivity index (χ1v) is 9.50. The van der Waals surface area contributed by atoms with Crippen molar-refractivity contribution in [1.29, 1.82) is 0 Å². The van der Waals surface area contributed by atoms with Gasteiger partial charge in [0.1, 0.15) is 17.2 Å². The van der Waals surface area contributed by atoms with E-state index < -0.39 is 0 Å². The summed E-state index contributed by atoms with van der Waals surface area (Å²) in [5, 5.41) is 14.7. The number of aromatic nitrogens is 5. The van der Waals surface area contributed by atoms with E-state index in [2.05, 4.69) is 25.2 Å². The number of methoxy groups -OCH3 is 1. The van der Waals surface area contributed by atoms with E-state index in [1.807, 2.05) is 18.3 Å². The summed E-state index contributed by atoms with van der Waals surface area (Å²) >= 11 is 0. The summed E-state index contributed by atoms with van der Waals surface area (Å²) in [6.45, 7) is 2.24. The Kier molecular flexibility index (Phi) is 4.45.